The molecular weight excluding hydrogens is 482 g/mol. The minimum absolute atomic E-state index is 0.0399. The summed E-state index contributed by atoms with van der Waals surface area (Å²) in [6.45, 7) is 4.00. The molecule has 1 aliphatic rings. The Kier molecular flexibility index (Phi) is 6.47. The Morgan fingerprint density at radius 1 is 1.05 bits per heavy atom. The largest absolute Gasteiger partial charge is 0.497 e. The van der Waals surface area contributed by atoms with E-state index in [-0.39, 0.29) is 10.6 Å². The van der Waals surface area contributed by atoms with E-state index in [1.807, 2.05) is 104 Å². The van der Waals surface area contributed by atoms with Crippen molar-refractivity contribution in [3.05, 3.63) is 106 Å². The third-order valence-corrected chi connectivity index (χ3v) is 6.80. The second kappa shape index (κ2) is 9.88. The van der Waals surface area contributed by atoms with Gasteiger partial charge >= 0.3 is 0 Å². The number of thiol groups is 1. The third-order valence-electron chi connectivity index (χ3n) is 6.36. The van der Waals surface area contributed by atoms with E-state index in [9.17, 15) is 10.1 Å². The molecule has 1 unspecified atom stereocenters. The van der Waals surface area contributed by atoms with Crippen LogP contribution in [-0.2, 0) is 4.79 Å². The lowest BCUT2D eigenvalue weighted by Crippen LogP contribution is -2.46. The molecule has 37 heavy (non-hydrogen) atoms. The average molecular weight is 508 g/mol. The molecule has 0 radical (unpaired) electrons. The van der Waals surface area contributed by atoms with Crippen molar-refractivity contribution in [3.8, 4) is 28.8 Å². The molecule has 0 saturated heterocycles. The van der Waals surface area contributed by atoms with Crippen molar-refractivity contribution in [3.63, 3.8) is 0 Å². The zero-order chi connectivity index (χ0) is 26.1. The first kappa shape index (κ1) is 24.2. The van der Waals surface area contributed by atoms with Gasteiger partial charge in [0.25, 0.3) is 5.91 Å². The molecule has 1 amide bonds. The predicted octanol–water partition coefficient (Wildman–Crippen LogP) is 5.46. The molecule has 1 aromatic heterocycles. The number of nitriles is 1. The summed E-state index contributed by atoms with van der Waals surface area (Å²) in [6, 6.07) is 25.5. The van der Waals surface area contributed by atoms with Crippen LogP contribution in [0.5, 0.6) is 5.75 Å². The van der Waals surface area contributed by atoms with Gasteiger partial charge in [-0.1, -0.05) is 30.3 Å². The van der Waals surface area contributed by atoms with Crippen LogP contribution in [0.4, 0.5) is 5.69 Å². The minimum atomic E-state index is -0.660. The number of nitrogens with zero attached hydrogens (tertiary/aromatic N) is 4. The lowest BCUT2D eigenvalue weighted by atomic mass is 10.0. The van der Waals surface area contributed by atoms with Crippen LogP contribution in [0.1, 0.15) is 22.9 Å². The van der Waals surface area contributed by atoms with Crippen LogP contribution in [0.3, 0.4) is 0 Å². The Morgan fingerprint density at radius 3 is 2.46 bits per heavy atom. The van der Waals surface area contributed by atoms with Crippen LogP contribution < -0.4 is 15.0 Å². The highest BCUT2D eigenvalue weighted by Crippen LogP contribution is 2.41. The van der Waals surface area contributed by atoms with Gasteiger partial charge in [-0.05, 0) is 67.4 Å². The molecule has 1 atom stereocenters. The molecule has 0 fully saturated rings. The number of carbonyl (C=O) groups excluding carboxylic acids is 1. The Labute approximate surface area is 221 Å². The highest BCUT2D eigenvalue weighted by atomic mass is 32.1. The molecule has 0 bridgehead atoms. The molecule has 2 heterocycles. The normalized spacial score (nSPS) is 15.4. The van der Waals surface area contributed by atoms with E-state index in [2.05, 4.69) is 5.32 Å². The van der Waals surface area contributed by atoms with Crippen molar-refractivity contribution in [1.82, 2.24) is 15.1 Å². The Bertz CT molecular complexity index is 1550. The first-order valence-corrected chi connectivity index (χ1v) is 12.2. The summed E-state index contributed by atoms with van der Waals surface area (Å²) in [5.41, 5.74) is 6.02. The number of amides is 1. The molecule has 0 spiro atoms. The van der Waals surface area contributed by atoms with E-state index in [1.54, 1.807) is 11.8 Å². The number of benzene rings is 3. The van der Waals surface area contributed by atoms with Gasteiger partial charge in [-0.15, -0.1) is 12.6 Å². The number of hydrogen-bond acceptors (Lipinski definition) is 6. The molecule has 3 aromatic carbocycles. The lowest BCUT2D eigenvalue weighted by Gasteiger charge is -2.38. The maximum atomic E-state index is 13.0. The van der Waals surface area contributed by atoms with E-state index < -0.39 is 12.1 Å². The quantitative estimate of drug-likeness (QED) is 0.350. The number of nitrogens with one attached hydrogen (secondary N) is 1. The zero-order valence-electron chi connectivity index (χ0n) is 20.6. The standard InChI is InChI=1S/C29H25N5O2S/c1-18-9-10-19(2)25(15-18)34-27(31-28(35)23(16-30)29(34)37)24-17-33(21-7-5-4-6-8-21)32-26(24)20-11-13-22(36-3)14-12-20/h4-15,17,27,37H,1-3H3,(H,31,35). The fourth-order valence-electron chi connectivity index (χ4n) is 4.43. The predicted molar refractivity (Wildman–Crippen MR) is 146 cm³/mol. The van der Waals surface area contributed by atoms with Gasteiger partial charge in [-0.3, -0.25) is 4.79 Å². The number of aromatic nitrogens is 2. The van der Waals surface area contributed by atoms with Crippen molar-refractivity contribution in [1.29, 1.82) is 5.26 Å². The molecule has 4 aromatic rings. The van der Waals surface area contributed by atoms with Crippen molar-refractivity contribution >= 4 is 24.2 Å². The molecule has 5 rings (SSSR count). The molecule has 8 heteroatoms. The van der Waals surface area contributed by atoms with Gasteiger partial charge in [0.2, 0.25) is 0 Å². The smallest absolute Gasteiger partial charge is 0.266 e. The summed E-state index contributed by atoms with van der Waals surface area (Å²) in [6.07, 6.45) is 1.25. The molecular formula is C29H25N5O2S. The molecule has 1 N–H and O–H groups in total. The number of carbonyl (C=O) groups is 1. The number of hydrogen-bond donors (Lipinski definition) is 2. The van der Waals surface area contributed by atoms with E-state index in [0.29, 0.717) is 5.69 Å². The van der Waals surface area contributed by atoms with Gasteiger partial charge in [0.05, 0.1) is 23.5 Å². The van der Waals surface area contributed by atoms with Gasteiger partial charge in [0, 0.05) is 23.0 Å². The van der Waals surface area contributed by atoms with Gasteiger partial charge in [-0.2, -0.15) is 10.4 Å². The summed E-state index contributed by atoms with van der Waals surface area (Å²) in [5, 5.41) is 18.0. The fourth-order valence-corrected chi connectivity index (χ4v) is 4.80. The Morgan fingerprint density at radius 2 is 1.78 bits per heavy atom. The number of rotatable bonds is 5. The van der Waals surface area contributed by atoms with Crippen molar-refractivity contribution in [2.24, 2.45) is 0 Å². The highest BCUT2D eigenvalue weighted by Gasteiger charge is 2.37. The van der Waals surface area contributed by atoms with E-state index in [4.69, 9.17) is 22.5 Å². The summed E-state index contributed by atoms with van der Waals surface area (Å²) < 4.78 is 7.14. The molecule has 0 saturated carbocycles. The van der Waals surface area contributed by atoms with Crippen molar-refractivity contribution in [2.45, 2.75) is 20.0 Å². The van der Waals surface area contributed by atoms with Crippen LogP contribution >= 0.6 is 12.6 Å². The number of anilines is 1. The van der Waals surface area contributed by atoms with Gasteiger partial charge in [0.15, 0.2) is 0 Å². The number of aryl methyl sites for hydroxylation is 2. The van der Waals surface area contributed by atoms with Crippen LogP contribution in [0.2, 0.25) is 0 Å². The minimum Gasteiger partial charge on any atom is -0.497 e. The third kappa shape index (κ3) is 4.46. The number of methoxy groups -OCH3 is 1. The Balaban J connectivity index is 1.75. The maximum Gasteiger partial charge on any atom is 0.266 e. The second-order valence-corrected chi connectivity index (χ2v) is 9.21. The lowest BCUT2D eigenvalue weighted by molar-refractivity contribution is -0.118. The molecule has 0 aliphatic carbocycles. The fraction of sp³-hybridized carbons (Fsp3) is 0.138. The summed E-state index contributed by atoms with van der Waals surface area (Å²) in [5.74, 6) is 0.252. The number of ether oxygens (including phenoxy) is 1. The monoisotopic (exact) mass is 507 g/mol. The molecule has 7 nitrogen and oxygen atoms in total. The van der Waals surface area contributed by atoms with Crippen molar-refractivity contribution < 1.29 is 9.53 Å². The summed E-state index contributed by atoms with van der Waals surface area (Å²) in [7, 11) is 1.62. The van der Waals surface area contributed by atoms with Crippen LogP contribution in [0, 0.1) is 25.2 Å². The SMILES string of the molecule is COc1ccc(-c2nn(-c3ccccc3)cc2C2NC(=O)C(C#N)=C(S)N2c2cc(C)ccc2C)cc1. The van der Waals surface area contributed by atoms with Crippen LogP contribution in [0.15, 0.2) is 89.6 Å². The topological polar surface area (TPSA) is 83.2 Å². The van der Waals surface area contributed by atoms with Crippen LogP contribution in [0.25, 0.3) is 16.9 Å². The van der Waals surface area contributed by atoms with E-state index >= 15 is 0 Å². The first-order valence-electron chi connectivity index (χ1n) is 11.7. The van der Waals surface area contributed by atoms with Gasteiger partial charge in [0.1, 0.15) is 23.6 Å². The van der Waals surface area contributed by atoms with Gasteiger partial charge < -0.3 is 15.0 Å². The Hall–Kier alpha value is -4.48. The first-order chi connectivity index (χ1) is 17.9. The van der Waals surface area contributed by atoms with E-state index in [1.165, 1.54) is 0 Å². The van der Waals surface area contributed by atoms with Crippen LogP contribution in [-0.4, -0.2) is 22.8 Å². The average Bonchev–Trinajstić information content (AvgIpc) is 3.36. The number of para-hydroxylation sites is 1. The van der Waals surface area contributed by atoms with Gasteiger partial charge in [-0.25, -0.2) is 4.68 Å². The summed E-state index contributed by atoms with van der Waals surface area (Å²) >= 11 is 4.70. The van der Waals surface area contributed by atoms with Crippen molar-refractivity contribution in [2.75, 3.05) is 12.0 Å². The maximum absolute atomic E-state index is 13.0. The second-order valence-electron chi connectivity index (χ2n) is 8.79. The molecule has 184 valence electrons. The highest BCUT2D eigenvalue weighted by molar-refractivity contribution is 7.84. The molecule has 1 aliphatic heterocycles. The zero-order valence-corrected chi connectivity index (χ0v) is 21.5. The van der Waals surface area contributed by atoms with E-state index in [0.717, 1.165) is 39.4 Å². The summed E-state index contributed by atoms with van der Waals surface area (Å²) in [4.78, 5) is 14.9.